The predicted molar refractivity (Wildman–Crippen MR) is 59.3 cm³/mol. The Bertz CT molecular complexity index is 407. The zero-order valence-electron chi connectivity index (χ0n) is 7.59. The Morgan fingerprint density at radius 1 is 1.40 bits per heavy atom. The lowest BCUT2D eigenvalue weighted by molar-refractivity contribution is -0.113. The van der Waals surface area contributed by atoms with Gasteiger partial charge in [-0.05, 0) is 18.2 Å². The molecule has 6 heteroatoms. The van der Waals surface area contributed by atoms with Crippen LogP contribution in [0.3, 0.4) is 0 Å². The van der Waals surface area contributed by atoms with Crippen molar-refractivity contribution in [2.75, 3.05) is 11.2 Å². The van der Waals surface area contributed by atoms with Gasteiger partial charge in [-0.15, -0.1) is 11.6 Å². The Balaban J connectivity index is 3.07. The standard InChI is InChI=1S/C9H8Cl2N2O2/c10-4-8(14)13-7-3-5(11)1-2-6(7)9(12)15/h1-3H,4H2,(H2,12,15)(H,13,14). The fourth-order valence-electron chi connectivity index (χ4n) is 1.02. The first-order valence-corrected chi connectivity index (χ1v) is 4.91. The van der Waals surface area contributed by atoms with E-state index in [1.807, 2.05) is 0 Å². The first-order chi connectivity index (χ1) is 7.04. The number of benzene rings is 1. The Hall–Kier alpha value is -1.26. The van der Waals surface area contributed by atoms with E-state index < -0.39 is 11.8 Å². The topological polar surface area (TPSA) is 72.2 Å². The molecule has 0 radical (unpaired) electrons. The molecule has 1 aromatic carbocycles. The fraction of sp³-hybridized carbons (Fsp3) is 0.111. The summed E-state index contributed by atoms with van der Waals surface area (Å²) in [6.45, 7) is 0. The predicted octanol–water partition coefficient (Wildman–Crippen LogP) is 1.62. The molecule has 1 rings (SSSR count). The molecule has 15 heavy (non-hydrogen) atoms. The third-order valence-corrected chi connectivity index (χ3v) is 2.12. The van der Waals surface area contributed by atoms with Gasteiger partial charge in [0.2, 0.25) is 5.91 Å². The number of hydrogen-bond acceptors (Lipinski definition) is 2. The van der Waals surface area contributed by atoms with Crippen LogP contribution in [0.2, 0.25) is 5.02 Å². The van der Waals surface area contributed by atoms with E-state index in [0.717, 1.165) is 0 Å². The van der Waals surface area contributed by atoms with Crippen molar-refractivity contribution in [2.45, 2.75) is 0 Å². The van der Waals surface area contributed by atoms with Gasteiger partial charge in [-0.3, -0.25) is 9.59 Å². The van der Waals surface area contributed by atoms with Crippen LogP contribution in [0.5, 0.6) is 0 Å². The molecule has 0 aromatic heterocycles. The van der Waals surface area contributed by atoms with Crippen molar-refractivity contribution in [3.8, 4) is 0 Å². The number of halogens is 2. The molecular weight excluding hydrogens is 239 g/mol. The van der Waals surface area contributed by atoms with Gasteiger partial charge in [0.05, 0.1) is 11.3 Å². The number of nitrogens with two attached hydrogens (primary N) is 1. The number of nitrogens with one attached hydrogen (secondary N) is 1. The summed E-state index contributed by atoms with van der Waals surface area (Å²) in [6.07, 6.45) is 0. The molecule has 2 amide bonds. The molecule has 0 fully saturated rings. The SMILES string of the molecule is NC(=O)c1ccc(Cl)cc1NC(=O)CCl. The fourth-order valence-corrected chi connectivity index (χ4v) is 1.26. The van der Waals surface area contributed by atoms with Crippen LogP contribution in [0.1, 0.15) is 10.4 Å². The van der Waals surface area contributed by atoms with E-state index in [-0.39, 0.29) is 17.1 Å². The summed E-state index contributed by atoms with van der Waals surface area (Å²) in [5, 5.41) is 2.82. The summed E-state index contributed by atoms with van der Waals surface area (Å²) >= 11 is 11.0. The van der Waals surface area contributed by atoms with Crippen LogP contribution < -0.4 is 11.1 Å². The average Bonchev–Trinajstić information content (AvgIpc) is 2.17. The Morgan fingerprint density at radius 2 is 2.07 bits per heavy atom. The van der Waals surface area contributed by atoms with Crippen LogP contribution in [0, 0.1) is 0 Å². The van der Waals surface area contributed by atoms with Gasteiger partial charge in [0.1, 0.15) is 5.88 Å². The van der Waals surface area contributed by atoms with E-state index in [2.05, 4.69) is 5.32 Å². The van der Waals surface area contributed by atoms with Gasteiger partial charge in [-0.1, -0.05) is 11.6 Å². The number of anilines is 1. The highest BCUT2D eigenvalue weighted by atomic mass is 35.5. The molecule has 3 N–H and O–H groups in total. The second-order valence-electron chi connectivity index (χ2n) is 2.74. The van der Waals surface area contributed by atoms with Gasteiger partial charge in [-0.25, -0.2) is 0 Å². The molecule has 0 unspecified atom stereocenters. The summed E-state index contributed by atoms with van der Waals surface area (Å²) in [6, 6.07) is 4.39. The zero-order valence-corrected chi connectivity index (χ0v) is 9.10. The van der Waals surface area contributed by atoms with Crippen molar-refractivity contribution in [3.05, 3.63) is 28.8 Å². The van der Waals surface area contributed by atoms with Crippen molar-refractivity contribution < 1.29 is 9.59 Å². The molecule has 1 aromatic rings. The van der Waals surface area contributed by atoms with E-state index in [4.69, 9.17) is 28.9 Å². The van der Waals surface area contributed by atoms with Crippen molar-refractivity contribution >= 4 is 40.7 Å². The van der Waals surface area contributed by atoms with Gasteiger partial charge in [0.25, 0.3) is 5.91 Å². The van der Waals surface area contributed by atoms with Gasteiger partial charge >= 0.3 is 0 Å². The molecule has 0 saturated heterocycles. The van der Waals surface area contributed by atoms with Crippen molar-refractivity contribution in [3.63, 3.8) is 0 Å². The minimum atomic E-state index is -0.642. The van der Waals surface area contributed by atoms with Gasteiger partial charge in [0.15, 0.2) is 0 Å². The Kier molecular flexibility index (Phi) is 3.94. The van der Waals surface area contributed by atoms with Crippen LogP contribution in [-0.4, -0.2) is 17.7 Å². The zero-order chi connectivity index (χ0) is 11.4. The van der Waals surface area contributed by atoms with Gasteiger partial charge < -0.3 is 11.1 Å². The first kappa shape index (κ1) is 11.8. The molecule has 0 saturated carbocycles. The Morgan fingerprint density at radius 3 is 2.60 bits per heavy atom. The van der Waals surface area contributed by atoms with Crippen LogP contribution in [0.15, 0.2) is 18.2 Å². The van der Waals surface area contributed by atoms with Gasteiger partial charge in [-0.2, -0.15) is 0 Å². The average molecular weight is 247 g/mol. The lowest BCUT2D eigenvalue weighted by atomic mass is 10.1. The summed E-state index contributed by atoms with van der Waals surface area (Å²) in [7, 11) is 0. The third kappa shape index (κ3) is 3.11. The summed E-state index contributed by atoms with van der Waals surface area (Å²) < 4.78 is 0. The van der Waals surface area contributed by atoms with Gasteiger partial charge in [0, 0.05) is 5.02 Å². The lowest BCUT2D eigenvalue weighted by Gasteiger charge is -2.07. The molecule has 0 bridgehead atoms. The van der Waals surface area contributed by atoms with E-state index in [1.54, 1.807) is 0 Å². The molecule has 0 atom stereocenters. The summed E-state index contributed by atoms with van der Waals surface area (Å²) in [4.78, 5) is 22.0. The molecule has 0 aliphatic carbocycles. The molecule has 4 nitrogen and oxygen atoms in total. The summed E-state index contributed by atoms with van der Waals surface area (Å²) in [5.41, 5.74) is 5.57. The normalized spacial score (nSPS) is 9.73. The molecule has 0 aliphatic rings. The maximum absolute atomic E-state index is 11.0. The minimum Gasteiger partial charge on any atom is -0.366 e. The number of carbonyl (C=O) groups excluding carboxylic acids is 2. The maximum Gasteiger partial charge on any atom is 0.250 e. The number of alkyl halides is 1. The van der Waals surface area contributed by atoms with Crippen LogP contribution >= 0.6 is 23.2 Å². The number of carbonyl (C=O) groups is 2. The van der Waals surface area contributed by atoms with E-state index >= 15 is 0 Å². The van der Waals surface area contributed by atoms with Crippen molar-refractivity contribution in [1.82, 2.24) is 0 Å². The molecule has 0 aliphatic heterocycles. The molecule has 80 valence electrons. The van der Waals surface area contributed by atoms with E-state index in [9.17, 15) is 9.59 Å². The van der Waals surface area contributed by atoms with Crippen molar-refractivity contribution in [2.24, 2.45) is 5.73 Å². The first-order valence-electron chi connectivity index (χ1n) is 3.99. The van der Waals surface area contributed by atoms with Crippen LogP contribution in [0.25, 0.3) is 0 Å². The van der Waals surface area contributed by atoms with Crippen molar-refractivity contribution in [1.29, 1.82) is 0 Å². The minimum absolute atomic E-state index is 0.192. The number of rotatable bonds is 3. The molecule has 0 spiro atoms. The number of hydrogen-bond donors (Lipinski definition) is 2. The molecular formula is C9H8Cl2N2O2. The highest BCUT2D eigenvalue weighted by molar-refractivity contribution is 6.31. The van der Waals surface area contributed by atoms with Crippen LogP contribution in [0.4, 0.5) is 5.69 Å². The second-order valence-corrected chi connectivity index (χ2v) is 3.44. The number of primary amides is 1. The monoisotopic (exact) mass is 246 g/mol. The third-order valence-electron chi connectivity index (χ3n) is 1.64. The maximum atomic E-state index is 11.0. The summed E-state index contributed by atoms with van der Waals surface area (Å²) in [5.74, 6) is -1.27. The van der Waals surface area contributed by atoms with E-state index in [1.165, 1.54) is 18.2 Å². The molecule has 0 heterocycles. The van der Waals surface area contributed by atoms with Crippen LogP contribution in [-0.2, 0) is 4.79 Å². The smallest absolute Gasteiger partial charge is 0.250 e. The quantitative estimate of drug-likeness (QED) is 0.796. The second kappa shape index (κ2) is 5.00. The highest BCUT2D eigenvalue weighted by Crippen LogP contribution is 2.20. The van der Waals surface area contributed by atoms with E-state index in [0.29, 0.717) is 5.02 Å². The Labute approximate surface area is 96.3 Å². The largest absolute Gasteiger partial charge is 0.366 e. The highest BCUT2D eigenvalue weighted by Gasteiger charge is 2.10. The number of amides is 2. The lowest BCUT2D eigenvalue weighted by Crippen LogP contribution is -2.18.